The fourth-order valence-electron chi connectivity index (χ4n) is 1.92. The molecule has 0 saturated carbocycles. The number of nitrogens with one attached hydrogen (secondary N) is 1. The first kappa shape index (κ1) is 11.8. The van der Waals surface area contributed by atoms with Crippen LogP contribution in [0.4, 0.5) is 0 Å². The van der Waals surface area contributed by atoms with Gasteiger partial charge in [0.05, 0.1) is 0 Å². The molecule has 0 spiro atoms. The van der Waals surface area contributed by atoms with Crippen molar-refractivity contribution in [3.05, 3.63) is 54.4 Å². The second-order valence-corrected chi connectivity index (χ2v) is 4.14. The second-order valence-electron chi connectivity index (χ2n) is 4.14. The summed E-state index contributed by atoms with van der Waals surface area (Å²) >= 11 is 0. The molecule has 1 N–H and O–H groups in total. The van der Waals surface area contributed by atoms with E-state index in [4.69, 9.17) is 0 Å². The highest BCUT2D eigenvalue weighted by atomic mass is 14.9. The third-order valence-electron chi connectivity index (χ3n) is 2.92. The first-order valence-electron chi connectivity index (χ1n) is 6.05. The molecule has 0 saturated heterocycles. The summed E-state index contributed by atoms with van der Waals surface area (Å²) in [6.07, 6.45) is 3.69. The van der Waals surface area contributed by atoms with Gasteiger partial charge in [0.2, 0.25) is 0 Å². The van der Waals surface area contributed by atoms with Crippen LogP contribution in [0.3, 0.4) is 0 Å². The average Bonchev–Trinajstić information content (AvgIpc) is 2.40. The highest BCUT2D eigenvalue weighted by Gasteiger charge is 2.03. The minimum absolute atomic E-state index is 0.406. The van der Waals surface area contributed by atoms with Crippen molar-refractivity contribution in [1.29, 1.82) is 0 Å². The predicted octanol–water partition coefficient (Wildman–Crippen LogP) is 3.42. The van der Waals surface area contributed by atoms with E-state index in [1.807, 2.05) is 12.3 Å². The largest absolute Gasteiger partial charge is 0.310 e. The van der Waals surface area contributed by atoms with Crippen molar-refractivity contribution in [2.75, 3.05) is 6.54 Å². The molecule has 88 valence electrons. The van der Waals surface area contributed by atoms with Crippen LogP contribution in [0.1, 0.15) is 25.5 Å². The van der Waals surface area contributed by atoms with E-state index >= 15 is 0 Å². The van der Waals surface area contributed by atoms with Crippen LogP contribution in [0.2, 0.25) is 0 Å². The van der Waals surface area contributed by atoms with Gasteiger partial charge in [0.1, 0.15) is 0 Å². The Hall–Kier alpha value is -1.67. The molecular weight excluding hydrogens is 208 g/mol. The van der Waals surface area contributed by atoms with Gasteiger partial charge in [-0.25, -0.2) is 0 Å². The summed E-state index contributed by atoms with van der Waals surface area (Å²) < 4.78 is 0. The predicted molar refractivity (Wildman–Crippen MR) is 71.8 cm³/mol. The molecule has 0 aliphatic rings. The van der Waals surface area contributed by atoms with Crippen LogP contribution in [0.5, 0.6) is 0 Å². The SMILES string of the molecule is CCNC(C)c1ccc(-c2cccnc2)cc1. The lowest BCUT2D eigenvalue weighted by molar-refractivity contribution is 0.598. The molecule has 1 heterocycles. The van der Waals surface area contributed by atoms with Crippen molar-refractivity contribution in [1.82, 2.24) is 10.3 Å². The zero-order valence-corrected chi connectivity index (χ0v) is 10.4. The van der Waals surface area contributed by atoms with E-state index < -0.39 is 0 Å². The highest BCUT2D eigenvalue weighted by molar-refractivity contribution is 5.62. The zero-order chi connectivity index (χ0) is 12.1. The van der Waals surface area contributed by atoms with Gasteiger partial charge in [-0.1, -0.05) is 37.3 Å². The van der Waals surface area contributed by atoms with Crippen molar-refractivity contribution in [3.63, 3.8) is 0 Å². The number of benzene rings is 1. The molecule has 2 nitrogen and oxygen atoms in total. The molecule has 0 aliphatic heterocycles. The van der Waals surface area contributed by atoms with Gasteiger partial charge in [0.15, 0.2) is 0 Å². The topological polar surface area (TPSA) is 24.9 Å². The maximum Gasteiger partial charge on any atom is 0.0346 e. The van der Waals surface area contributed by atoms with Crippen LogP contribution in [-0.4, -0.2) is 11.5 Å². The lowest BCUT2D eigenvalue weighted by Crippen LogP contribution is -2.17. The van der Waals surface area contributed by atoms with E-state index in [1.165, 1.54) is 11.1 Å². The van der Waals surface area contributed by atoms with Crippen molar-refractivity contribution in [3.8, 4) is 11.1 Å². The molecule has 1 aromatic heterocycles. The van der Waals surface area contributed by atoms with Crippen molar-refractivity contribution < 1.29 is 0 Å². The van der Waals surface area contributed by atoms with E-state index in [2.05, 4.69) is 54.5 Å². The van der Waals surface area contributed by atoms with Crippen LogP contribution >= 0.6 is 0 Å². The molecule has 1 unspecified atom stereocenters. The van der Waals surface area contributed by atoms with Gasteiger partial charge in [-0.15, -0.1) is 0 Å². The van der Waals surface area contributed by atoms with E-state index in [0.717, 1.165) is 12.1 Å². The number of nitrogens with zero attached hydrogens (tertiary/aromatic N) is 1. The van der Waals surface area contributed by atoms with Crippen LogP contribution in [0, 0.1) is 0 Å². The minimum atomic E-state index is 0.406. The fraction of sp³-hybridized carbons (Fsp3) is 0.267. The third-order valence-corrected chi connectivity index (χ3v) is 2.92. The maximum absolute atomic E-state index is 4.14. The second kappa shape index (κ2) is 5.60. The summed E-state index contributed by atoms with van der Waals surface area (Å²) in [5.41, 5.74) is 3.69. The lowest BCUT2D eigenvalue weighted by atomic mass is 10.0. The van der Waals surface area contributed by atoms with Crippen LogP contribution in [0.25, 0.3) is 11.1 Å². The summed E-state index contributed by atoms with van der Waals surface area (Å²) in [5.74, 6) is 0. The summed E-state index contributed by atoms with van der Waals surface area (Å²) in [5, 5.41) is 3.41. The molecule has 0 aliphatic carbocycles. The first-order valence-corrected chi connectivity index (χ1v) is 6.05. The molecule has 2 aromatic rings. The van der Waals surface area contributed by atoms with E-state index in [0.29, 0.717) is 6.04 Å². The van der Waals surface area contributed by atoms with Gasteiger partial charge in [-0.3, -0.25) is 4.98 Å². The number of pyridine rings is 1. The standard InChI is InChI=1S/C15H18N2/c1-3-17-12(2)13-6-8-14(9-7-13)15-5-4-10-16-11-15/h4-12,17H,3H2,1-2H3. The van der Waals surface area contributed by atoms with Crippen LogP contribution < -0.4 is 5.32 Å². The number of hydrogen-bond acceptors (Lipinski definition) is 2. The summed E-state index contributed by atoms with van der Waals surface area (Å²) in [7, 11) is 0. The summed E-state index contributed by atoms with van der Waals surface area (Å²) in [6, 6.07) is 13.1. The summed E-state index contributed by atoms with van der Waals surface area (Å²) in [4.78, 5) is 4.14. The number of hydrogen-bond donors (Lipinski definition) is 1. The first-order chi connectivity index (χ1) is 8.31. The Bertz CT molecular complexity index is 448. The normalized spacial score (nSPS) is 12.4. The average molecular weight is 226 g/mol. The van der Waals surface area contributed by atoms with Crippen molar-refractivity contribution in [2.45, 2.75) is 19.9 Å². The monoisotopic (exact) mass is 226 g/mol. The summed E-state index contributed by atoms with van der Waals surface area (Å²) in [6.45, 7) is 5.30. The van der Waals surface area contributed by atoms with E-state index in [9.17, 15) is 0 Å². The number of aromatic nitrogens is 1. The van der Waals surface area contributed by atoms with Gasteiger partial charge < -0.3 is 5.32 Å². The molecule has 0 fully saturated rings. The molecule has 17 heavy (non-hydrogen) atoms. The van der Waals surface area contributed by atoms with Gasteiger partial charge in [-0.05, 0) is 36.2 Å². The van der Waals surface area contributed by atoms with Crippen LogP contribution in [-0.2, 0) is 0 Å². The number of rotatable bonds is 4. The molecule has 1 aromatic carbocycles. The Morgan fingerprint density at radius 3 is 2.47 bits per heavy atom. The van der Waals surface area contributed by atoms with E-state index in [1.54, 1.807) is 6.20 Å². The Kier molecular flexibility index (Phi) is 3.89. The molecule has 1 atom stereocenters. The Balaban J connectivity index is 2.19. The van der Waals surface area contributed by atoms with Gasteiger partial charge in [0.25, 0.3) is 0 Å². The maximum atomic E-state index is 4.14. The Morgan fingerprint density at radius 2 is 1.88 bits per heavy atom. The quantitative estimate of drug-likeness (QED) is 0.864. The highest BCUT2D eigenvalue weighted by Crippen LogP contribution is 2.20. The molecule has 0 radical (unpaired) electrons. The van der Waals surface area contributed by atoms with Crippen LogP contribution in [0.15, 0.2) is 48.8 Å². The Labute approximate surface area is 103 Å². The lowest BCUT2D eigenvalue weighted by Gasteiger charge is -2.13. The zero-order valence-electron chi connectivity index (χ0n) is 10.4. The smallest absolute Gasteiger partial charge is 0.0346 e. The van der Waals surface area contributed by atoms with E-state index in [-0.39, 0.29) is 0 Å². The van der Waals surface area contributed by atoms with Gasteiger partial charge in [-0.2, -0.15) is 0 Å². The molecule has 0 bridgehead atoms. The van der Waals surface area contributed by atoms with Crippen molar-refractivity contribution >= 4 is 0 Å². The minimum Gasteiger partial charge on any atom is -0.310 e. The molecule has 0 amide bonds. The van der Waals surface area contributed by atoms with Crippen molar-refractivity contribution in [2.24, 2.45) is 0 Å². The fourth-order valence-corrected chi connectivity index (χ4v) is 1.92. The van der Waals surface area contributed by atoms with Gasteiger partial charge in [0, 0.05) is 18.4 Å². The molecule has 2 heteroatoms. The van der Waals surface area contributed by atoms with Gasteiger partial charge >= 0.3 is 0 Å². The molecular formula is C15H18N2. The third kappa shape index (κ3) is 2.92. The molecule has 2 rings (SSSR count). The Morgan fingerprint density at radius 1 is 1.12 bits per heavy atom.